The summed E-state index contributed by atoms with van der Waals surface area (Å²) in [5.41, 5.74) is 2.95. The van der Waals surface area contributed by atoms with Crippen LogP contribution in [0.25, 0.3) is 0 Å². The van der Waals surface area contributed by atoms with Gasteiger partial charge in [-0.05, 0) is 50.2 Å². The smallest absolute Gasteiger partial charge is 0.307 e. The largest absolute Gasteiger partial charge is 0.481 e. The Balaban J connectivity index is 1.74. The molecule has 3 nitrogen and oxygen atoms in total. The SMILES string of the molecule is CC1(C)CC(C(=O)O)CN1CC1CCc2ccccc21. The molecular weight excluding hydrogens is 250 g/mol. The molecule has 0 aromatic heterocycles. The van der Waals surface area contributed by atoms with Gasteiger partial charge in [0.2, 0.25) is 0 Å². The average Bonchev–Trinajstić information content (AvgIpc) is 2.93. The Kier molecular flexibility index (Phi) is 3.33. The molecule has 3 rings (SSSR count). The van der Waals surface area contributed by atoms with E-state index >= 15 is 0 Å². The van der Waals surface area contributed by atoms with E-state index in [-0.39, 0.29) is 11.5 Å². The Morgan fingerprint density at radius 1 is 1.40 bits per heavy atom. The van der Waals surface area contributed by atoms with Gasteiger partial charge in [0.15, 0.2) is 0 Å². The zero-order chi connectivity index (χ0) is 14.3. The van der Waals surface area contributed by atoms with Crippen LogP contribution in [0.3, 0.4) is 0 Å². The van der Waals surface area contributed by atoms with E-state index in [2.05, 4.69) is 43.0 Å². The van der Waals surface area contributed by atoms with E-state index in [1.807, 2.05) is 0 Å². The summed E-state index contributed by atoms with van der Waals surface area (Å²) in [7, 11) is 0. The molecule has 0 radical (unpaired) electrons. The molecule has 108 valence electrons. The van der Waals surface area contributed by atoms with Crippen LogP contribution in [0.2, 0.25) is 0 Å². The van der Waals surface area contributed by atoms with Gasteiger partial charge in [0, 0.05) is 18.6 Å². The van der Waals surface area contributed by atoms with E-state index in [0.717, 1.165) is 19.4 Å². The van der Waals surface area contributed by atoms with Crippen molar-refractivity contribution in [1.82, 2.24) is 4.90 Å². The normalized spacial score (nSPS) is 28.5. The third-order valence-corrected chi connectivity index (χ3v) is 5.09. The topological polar surface area (TPSA) is 40.5 Å². The zero-order valence-electron chi connectivity index (χ0n) is 12.3. The molecule has 20 heavy (non-hydrogen) atoms. The average molecular weight is 273 g/mol. The van der Waals surface area contributed by atoms with E-state index in [1.165, 1.54) is 17.5 Å². The van der Waals surface area contributed by atoms with Crippen molar-refractivity contribution in [3.05, 3.63) is 35.4 Å². The lowest BCUT2D eigenvalue weighted by Crippen LogP contribution is -2.40. The van der Waals surface area contributed by atoms with Gasteiger partial charge in [0.25, 0.3) is 0 Å². The fraction of sp³-hybridized carbons (Fsp3) is 0.588. The lowest BCUT2D eigenvalue weighted by Gasteiger charge is -2.33. The number of hydrogen-bond acceptors (Lipinski definition) is 2. The minimum atomic E-state index is -0.646. The van der Waals surface area contributed by atoms with Gasteiger partial charge < -0.3 is 5.11 Å². The Bertz CT molecular complexity index is 523. The van der Waals surface area contributed by atoms with Gasteiger partial charge in [0.1, 0.15) is 0 Å². The molecule has 1 aliphatic carbocycles. The van der Waals surface area contributed by atoms with E-state index < -0.39 is 5.97 Å². The summed E-state index contributed by atoms with van der Waals surface area (Å²) in [5, 5.41) is 9.26. The molecule has 1 N–H and O–H groups in total. The van der Waals surface area contributed by atoms with Crippen molar-refractivity contribution in [3.8, 4) is 0 Å². The number of carboxylic acid groups (broad SMARTS) is 1. The Labute approximate surface area is 120 Å². The van der Waals surface area contributed by atoms with Gasteiger partial charge in [-0.25, -0.2) is 0 Å². The lowest BCUT2D eigenvalue weighted by atomic mass is 9.95. The number of rotatable bonds is 3. The number of likely N-dealkylation sites (tertiary alicyclic amines) is 1. The quantitative estimate of drug-likeness (QED) is 0.920. The molecule has 1 heterocycles. The maximum Gasteiger partial charge on any atom is 0.307 e. The summed E-state index contributed by atoms with van der Waals surface area (Å²) < 4.78 is 0. The summed E-state index contributed by atoms with van der Waals surface area (Å²) in [6.07, 6.45) is 3.12. The van der Waals surface area contributed by atoms with Crippen molar-refractivity contribution in [2.24, 2.45) is 5.92 Å². The number of aliphatic carboxylic acids is 1. The van der Waals surface area contributed by atoms with E-state index in [4.69, 9.17) is 0 Å². The van der Waals surface area contributed by atoms with Gasteiger partial charge in [-0.15, -0.1) is 0 Å². The van der Waals surface area contributed by atoms with E-state index in [9.17, 15) is 9.90 Å². The molecule has 0 spiro atoms. The van der Waals surface area contributed by atoms with E-state index in [0.29, 0.717) is 12.5 Å². The van der Waals surface area contributed by atoms with Crippen LogP contribution in [0.1, 0.15) is 43.7 Å². The first-order chi connectivity index (χ1) is 9.47. The molecule has 1 fully saturated rings. The number of hydrogen-bond donors (Lipinski definition) is 1. The molecule has 3 heteroatoms. The first kappa shape index (κ1) is 13.6. The molecule has 1 saturated heterocycles. The number of carboxylic acids is 1. The van der Waals surface area contributed by atoms with Crippen LogP contribution in [0, 0.1) is 5.92 Å². The fourth-order valence-electron chi connectivity index (χ4n) is 3.90. The van der Waals surface area contributed by atoms with Crippen LogP contribution in [0.5, 0.6) is 0 Å². The van der Waals surface area contributed by atoms with Gasteiger partial charge in [-0.3, -0.25) is 9.69 Å². The fourth-order valence-corrected chi connectivity index (χ4v) is 3.90. The van der Waals surface area contributed by atoms with Crippen molar-refractivity contribution in [2.75, 3.05) is 13.1 Å². The highest BCUT2D eigenvalue weighted by Gasteiger charge is 2.42. The summed E-state index contributed by atoms with van der Waals surface area (Å²) in [5.74, 6) is -0.285. The third kappa shape index (κ3) is 2.35. The number of carbonyl (C=O) groups is 1. The maximum atomic E-state index is 11.2. The molecule has 2 unspecified atom stereocenters. The molecular formula is C17H23NO2. The van der Waals surface area contributed by atoms with Crippen molar-refractivity contribution >= 4 is 5.97 Å². The standard InChI is InChI=1S/C17H23NO2/c1-17(2)9-14(16(19)20)11-18(17)10-13-8-7-12-5-3-4-6-15(12)13/h3-6,13-14H,7-11H2,1-2H3,(H,19,20). The summed E-state index contributed by atoms with van der Waals surface area (Å²) in [4.78, 5) is 13.6. The van der Waals surface area contributed by atoms with Crippen molar-refractivity contribution < 1.29 is 9.90 Å². The zero-order valence-corrected chi connectivity index (χ0v) is 12.3. The highest BCUT2D eigenvalue weighted by molar-refractivity contribution is 5.71. The van der Waals surface area contributed by atoms with Crippen molar-refractivity contribution in [3.63, 3.8) is 0 Å². The second kappa shape index (κ2) is 4.88. The highest BCUT2D eigenvalue weighted by Crippen LogP contribution is 2.39. The van der Waals surface area contributed by atoms with Gasteiger partial charge >= 0.3 is 5.97 Å². The number of aryl methyl sites for hydroxylation is 1. The molecule has 2 atom stereocenters. The summed E-state index contributed by atoms with van der Waals surface area (Å²) in [6.45, 7) is 6.04. The van der Waals surface area contributed by atoms with Gasteiger partial charge in [-0.2, -0.15) is 0 Å². The van der Waals surface area contributed by atoms with Crippen LogP contribution in [-0.2, 0) is 11.2 Å². The molecule has 1 aliphatic heterocycles. The minimum Gasteiger partial charge on any atom is -0.481 e. The molecule has 0 amide bonds. The van der Waals surface area contributed by atoms with Crippen LogP contribution in [0.15, 0.2) is 24.3 Å². The van der Waals surface area contributed by atoms with Crippen LogP contribution >= 0.6 is 0 Å². The number of fused-ring (bicyclic) bond motifs is 1. The van der Waals surface area contributed by atoms with Gasteiger partial charge in [0.05, 0.1) is 5.92 Å². The summed E-state index contributed by atoms with van der Waals surface area (Å²) >= 11 is 0. The van der Waals surface area contributed by atoms with Crippen molar-refractivity contribution in [1.29, 1.82) is 0 Å². The molecule has 0 bridgehead atoms. The van der Waals surface area contributed by atoms with Crippen LogP contribution in [-0.4, -0.2) is 34.6 Å². The van der Waals surface area contributed by atoms with Gasteiger partial charge in [-0.1, -0.05) is 24.3 Å². The Morgan fingerprint density at radius 3 is 2.85 bits per heavy atom. The second-order valence-electron chi connectivity index (χ2n) is 6.89. The highest BCUT2D eigenvalue weighted by atomic mass is 16.4. The first-order valence-electron chi connectivity index (χ1n) is 7.53. The predicted molar refractivity (Wildman–Crippen MR) is 78.9 cm³/mol. The van der Waals surface area contributed by atoms with Crippen molar-refractivity contribution in [2.45, 2.75) is 44.6 Å². The lowest BCUT2D eigenvalue weighted by molar-refractivity contribution is -0.141. The van der Waals surface area contributed by atoms with Crippen LogP contribution in [0.4, 0.5) is 0 Å². The first-order valence-corrected chi connectivity index (χ1v) is 7.53. The second-order valence-corrected chi connectivity index (χ2v) is 6.89. The minimum absolute atomic E-state index is 0.000586. The predicted octanol–water partition coefficient (Wildman–Crippen LogP) is 2.90. The molecule has 0 saturated carbocycles. The Hall–Kier alpha value is -1.35. The molecule has 1 aromatic rings. The van der Waals surface area contributed by atoms with E-state index in [1.54, 1.807) is 0 Å². The third-order valence-electron chi connectivity index (χ3n) is 5.09. The molecule has 2 aliphatic rings. The maximum absolute atomic E-state index is 11.2. The number of nitrogens with zero attached hydrogens (tertiary/aromatic N) is 1. The monoisotopic (exact) mass is 273 g/mol. The summed E-state index contributed by atoms with van der Waals surface area (Å²) in [6, 6.07) is 8.70. The molecule has 1 aromatic carbocycles. The Morgan fingerprint density at radius 2 is 2.15 bits per heavy atom. The number of benzene rings is 1. The van der Waals surface area contributed by atoms with Crippen LogP contribution < -0.4 is 0 Å².